The summed E-state index contributed by atoms with van der Waals surface area (Å²) in [6.45, 7) is 9.45. The lowest BCUT2D eigenvalue weighted by atomic mass is 9.73. The van der Waals surface area contributed by atoms with Crippen LogP contribution in [0.4, 0.5) is 34.1 Å². The van der Waals surface area contributed by atoms with Gasteiger partial charge in [-0.25, -0.2) is 9.97 Å². The minimum absolute atomic E-state index is 0.346. The van der Waals surface area contributed by atoms with Crippen molar-refractivity contribution in [1.82, 2.24) is 39.0 Å². The highest BCUT2D eigenvalue weighted by Gasteiger charge is 2.40. The zero-order valence-electron chi connectivity index (χ0n) is 53.2. The summed E-state index contributed by atoms with van der Waals surface area (Å²) in [4.78, 5) is 36.4. The molecule has 6 heterocycles. The summed E-state index contributed by atoms with van der Waals surface area (Å²) in [5.74, 6) is 3.57. The monoisotopic (exact) mass is 1230 g/mol. The van der Waals surface area contributed by atoms with E-state index in [9.17, 15) is 0 Å². The minimum Gasteiger partial charge on any atom is -0.310 e. The van der Waals surface area contributed by atoms with Crippen molar-refractivity contribution in [3.05, 3.63) is 313 Å². The van der Waals surface area contributed by atoms with E-state index < -0.39 is 0 Å². The third-order valence-electron chi connectivity index (χ3n) is 20.1. The van der Waals surface area contributed by atoms with Gasteiger partial charge < -0.3 is 9.80 Å². The predicted molar refractivity (Wildman–Crippen MR) is 392 cm³/mol. The fourth-order valence-electron chi connectivity index (χ4n) is 15.4. The molecule has 4 aromatic heterocycles. The van der Waals surface area contributed by atoms with Gasteiger partial charge in [-0.15, -0.1) is 0 Å². The second-order valence-corrected chi connectivity index (χ2v) is 26.4. The van der Waals surface area contributed by atoms with Gasteiger partial charge in [-0.2, -0.15) is 19.9 Å². The summed E-state index contributed by atoms with van der Waals surface area (Å²) < 4.78 is 4.47. The van der Waals surface area contributed by atoms with Crippen LogP contribution in [0.15, 0.2) is 291 Å². The standard InChI is InChI=1S/C86H60N10/c1-85(2)67-35-19-23-39-73(67)93(77-51-75-65(49-69(77)85)63-33-17-21-37-71(63)95(75)83-89-79(53-25-9-5-10-26-53)87-80(90-83)54-27-11-6-12-28-54)61-43-41-57-46-60-48-62(44-42-58(60)45-59(57)47-61)94-74-40-24-20-36-68(74)86(3,4)70-50-66-64-34-18-22-38-72(64)96(76(66)52-78(70)94)84-91-81(55-29-13-7-14-30-55)88-82(92-84)56-31-15-8-16-32-56/h5-52H,1-4H3. The van der Waals surface area contributed by atoms with Crippen LogP contribution in [0.3, 0.4) is 0 Å². The molecule has 13 aromatic carbocycles. The van der Waals surface area contributed by atoms with Gasteiger partial charge in [0.25, 0.3) is 0 Å². The van der Waals surface area contributed by atoms with Crippen LogP contribution >= 0.6 is 0 Å². The van der Waals surface area contributed by atoms with Crippen LogP contribution in [0, 0.1) is 0 Å². The average molecular weight is 1230 g/mol. The highest BCUT2D eigenvalue weighted by molar-refractivity contribution is 6.13. The normalized spacial score (nSPS) is 13.8. The van der Waals surface area contributed by atoms with Crippen LogP contribution in [-0.2, 0) is 10.8 Å². The van der Waals surface area contributed by atoms with Gasteiger partial charge in [0, 0.05) is 66.0 Å². The first-order chi connectivity index (χ1) is 47.1. The van der Waals surface area contributed by atoms with Crippen molar-refractivity contribution >= 4 is 99.3 Å². The topological polar surface area (TPSA) is 93.7 Å². The number of fused-ring (bicyclic) bond motifs is 12. The van der Waals surface area contributed by atoms with Crippen molar-refractivity contribution in [3.63, 3.8) is 0 Å². The SMILES string of the molecule is CC1(C)c2ccccc2N(c2ccc3cc4cc(N5c6ccccc6C(C)(C)c6cc7c8ccccc8n(-c8nc(-c9ccccc9)nc(-c9ccccc9)n8)c7cc65)ccc4cc3c2)c2cc3c(cc21)c1ccccc1n3-c1nc(-c2ccccc2)nc(-c2ccccc2)n1. The van der Waals surface area contributed by atoms with Crippen LogP contribution in [0.2, 0.25) is 0 Å². The molecule has 0 saturated heterocycles. The van der Waals surface area contributed by atoms with E-state index in [0.717, 1.165) is 122 Å². The molecule has 0 N–H and O–H groups in total. The molecule has 0 radical (unpaired) electrons. The van der Waals surface area contributed by atoms with Crippen LogP contribution in [0.1, 0.15) is 49.9 Å². The van der Waals surface area contributed by atoms with E-state index in [1.807, 2.05) is 72.8 Å². The lowest BCUT2D eigenvalue weighted by Gasteiger charge is -2.42. The zero-order chi connectivity index (χ0) is 64.0. The van der Waals surface area contributed by atoms with Crippen molar-refractivity contribution < 1.29 is 0 Å². The van der Waals surface area contributed by atoms with Gasteiger partial charge in [0.2, 0.25) is 11.9 Å². The molecule has 10 heteroatoms. The molecule has 0 fully saturated rings. The molecule has 2 aliphatic rings. The smallest absolute Gasteiger partial charge is 0.238 e. The highest BCUT2D eigenvalue weighted by atomic mass is 15.2. The molecule has 96 heavy (non-hydrogen) atoms. The molecule has 0 amide bonds. The maximum absolute atomic E-state index is 5.31. The molecule has 0 spiro atoms. The fraction of sp³-hybridized carbons (Fsp3) is 0.0698. The predicted octanol–water partition coefficient (Wildman–Crippen LogP) is 21.4. The Kier molecular flexibility index (Phi) is 12.1. The van der Waals surface area contributed by atoms with Gasteiger partial charge in [-0.3, -0.25) is 9.13 Å². The first kappa shape index (κ1) is 55.3. The van der Waals surface area contributed by atoms with E-state index in [1.54, 1.807) is 0 Å². The van der Waals surface area contributed by atoms with Gasteiger partial charge in [0.15, 0.2) is 23.3 Å². The molecule has 0 bridgehead atoms. The van der Waals surface area contributed by atoms with Crippen molar-refractivity contribution in [2.24, 2.45) is 0 Å². The Bertz CT molecular complexity index is 5550. The molecule has 10 nitrogen and oxygen atoms in total. The fourth-order valence-corrected chi connectivity index (χ4v) is 15.4. The molecule has 0 unspecified atom stereocenters. The number of nitrogens with zero attached hydrogens (tertiary/aromatic N) is 10. The summed E-state index contributed by atoms with van der Waals surface area (Å²) in [6, 6.07) is 104. The van der Waals surface area contributed by atoms with Crippen molar-refractivity contribution in [3.8, 4) is 57.4 Å². The number of hydrogen-bond acceptors (Lipinski definition) is 8. The second kappa shape index (κ2) is 21.1. The molecular weight excluding hydrogens is 1170 g/mol. The summed E-state index contributed by atoms with van der Waals surface area (Å²) in [6.07, 6.45) is 0. The minimum atomic E-state index is -0.346. The van der Waals surface area contributed by atoms with Crippen LogP contribution in [-0.4, -0.2) is 39.0 Å². The number of para-hydroxylation sites is 4. The lowest BCUT2D eigenvalue weighted by molar-refractivity contribution is 0.633. The second-order valence-electron chi connectivity index (χ2n) is 26.4. The summed E-state index contributed by atoms with van der Waals surface area (Å²) in [5.41, 5.74) is 18.7. The molecular formula is C86H60N10. The van der Waals surface area contributed by atoms with Crippen LogP contribution < -0.4 is 9.80 Å². The summed E-state index contributed by atoms with van der Waals surface area (Å²) in [5, 5.41) is 9.12. The number of benzene rings is 13. The highest BCUT2D eigenvalue weighted by Crippen LogP contribution is 2.56. The van der Waals surface area contributed by atoms with Gasteiger partial charge in [-0.1, -0.05) is 234 Å². The number of rotatable bonds is 8. The Hall–Kier alpha value is -12.4. The number of aromatic nitrogens is 8. The van der Waals surface area contributed by atoms with E-state index in [-0.39, 0.29) is 10.8 Å². The van der Waals surface area contributed by atoms with Gasteiger partial charge in [0.1, 0.15) is 0 Å². The van der Waals surface area contributed by atoms with Crippen LogP contribution in [0.5, 0.6) is 0 Å². The van der Waals surface area contributed by atoms with Gasteiger partial charge in [-0.05, 0) is 129 Å². The maximum atomic E-state index is 5.31. The molecule has 0 saturated carbocycles. The Morgan fingerprint density at radius 1 is 0.240 bits per heavy atom. The summed E-state index contributed by atoms with van der Waals surface area (Å²) in [7, 11) is 0. The van der Waals surface area contributed by atoms with E-state index in [1.165, 1.54) is 22.3 Å². The molecule has 17 aromatic rings. The van der Waals surface area contributed by atoms with E-state index in [2.05, 4.69) is 265 Å². The summed E-state index contributed by atoms with van der Waals surface area (Å²) >= 11 is 0. The van der Waals surface area contributed by atoms with Crippen molar-refractivity contribution in [2.75, 3.05) is 9.80 Å². The van der Waals surface area contributed by atoms with E-state index in [0.29, 0.717) is 35.2 Å². The average Bonchev–Trinajstić information content (AvgIpc) is 1.31. The molecule has 0 atom stereocenters. The Morgan fingerprint density at radius 2 is 0.573 bits per heavy atom. The third kappa shape index (κ3) is 8.51. The first-order valence-corrected chi connectivity index (χ1v) is 32.8. The number of hydrogen-bond donors (Lipinski definition) is 0. The molecule has 2 aliphatic heterocycles. The Morgan fingerprint density at radius 3 is 0.948 bits per heavy atom. The molecule has 454 valence electrons. The Labute approximate surface area is 554 Å². The van der Waals surface area contributed by atoms with Crippen molar-refractivity contribution in [2.45, 2.75) is 38.5 Å². The van der Waals surface area contributed by atoms with E-state index >= 15 is 0 Å². The van der Waals surface area contributed by atoms with Crippen molar-refractivity contribution in [1.29, 1.82) is 0 Å². The largest absolute Gasteiger partial charge is 0.310 e. The quantitative estimate of drug-likeness (QED) is 0.139. The third-order valence-corrected chi connectivity index (χ3v) is 20.1. The molecule has 19 rings (SSSR count). The maximum Gasteiger partial charge on any atom is 0.238 e. The number of anilines is 6. The van der Waals surface area contributed by atoms with E-state index in [4.69, 9.17) is 29.9 Å². The van der Waals surface area contributed by atoms with Gasteiger partial charge >= 0.3 is 0 Å². The first-order valence-electron chi connectivity index (χ1n) is 32.8. The zero-order valence-corrected chi connectivity index (χ0v) is 53.2. The molecule has 0 aliphatic carbocycles. The van der Waals surface area contributed by atoms with Gasteiger partial charge in [0.05, 0.1) is 44.8 Å². The lowest BCUT2D eigenvalue weighted by Crippen LogP contribution is -2.30. The van der Waals surface area contributed by atoms with Crippen LogP contribution in [0.25, 0.3) is 123 Å². The Balaban J connectivity index is 0.763.